The van der Waals surface area contributed by atoms with Crippen LogP contribution >= 0.6 is 0 Å². The summed E-state index contributed by atoms with van der Waals surface area (Å²) in [6, 6.07) is 0. The van der Waals surface area contributed by atoms with Crippen LogP contribution in [0.5, 0.6) is 0 Å². The SMILES string of the molecule is NC1(C(=O)O)C2CCCCC21. The third-order valence-corrected chi connectivity index (χ3v) is 3.25. The molecule has 62 valence electrons. The summed E-state index contributed by atoms with van der Waals surface area (Å²) in [7, 11) is 0. The minimum Gasteiger partial charge on any atom is -0.480 e. The number of rotatable bonds is 1. The van der Waals surface area contributed by atoms with Gasteiger partial charge in [-0.25, -0.2) is 0 Å². The molecule has 0 aliphatic heterocycles. The number of hydrogen-bond donors (Lipinski definition) is 2. The van der Waals surface area contributed by atoms with Crippen LogP contribution in [-0.4, -0.2) is 16.6 Å². The predicted octanol–water partition coefficient (Wildman–Crippen LogP) is 0.588. The Bertz CT molecular complexity index is 190. The smallest absolute Gasteiger partial charge is 0.324 e. The van der Waals surface area contributed by atoms with E-state index in [1.54, 1.807) is 0 Å². The molecule has 2 atom stereocenters. The fraction of sp³-hybridized carbons (Fsp3) is 0.875. The van der Waals surface area contributed by atoms with Gasteiger partial charge < -0.3 is 10.8 Å². The van der Waals surface area contributed by atoms with Crippen molar-refractivity contribution in [2.75, 3.05) is 0 Å². The molecular formula is C8H13NO2. The molecular weight excluding hydrogens is 142 g/mol. The minimum absolute atomic E-state index is 0.286. The van der Waals surface area contributed by atoms with Gasteiger partial charge in [-0.15, -0.1) is 0 Å². The van der Waals surface area contributed by atoms with E-state index in [1.165, 1.54) is 0 Å². The third-order valence-electron chi connectivity index (χ3n) is 3.25. The molecule has 2 rings (SSSR count). The Kier molecular flexibility index (Phi) is 1.27. The van der Waals surface area contributed by atoms with Gasteiger partial charge in [0.05, 0.1) is 0 Å². The van der Waals surface area contributed by atoms with Gasteiger partial charge in [0.15, 0.2) is 0 Å². The molecule has 0 amide bonds. The molecule has 0 radical (unpaired) electrons. The summed E-state index contributed by atoms with van der Waals surface area (Å²) >= 11 is 0. The van der Waals surface area contributed by atoms with Gasteiger partial charge in [-0.3, -0.25) is 4.79 Å². The van der Waals surface area contributed by atoms with Crippen LogP contribution in [0, 0.1) is 11.8 Å². The van der Waals surface area contributed by atoms with E-state index in [9.17, 15) is 4.79 Å². The number of aliphatic carboxylic acids is 1. The van der Waals surface area contributed by atoms with Crippen LogP contribution in [-0.2, 0) is 4.79 Å². The number of carboxylic acid groups (broad SMARTS) is 1. The van der Waals surface area contributed by atoms with Crippen LogP contribution in [0.3, 0.4) is 0 Å². The summed E-state index contributed by atoms with van der Waals surface area (Å²) in [6.45, 7) is 0. The molecule has 2 aliphatic rings. The number of hydrogen-bond acceptors (Lipinski definition) is 2. The van der Waals surface area contributed by atoms with Crippen LogP contribution < -0.4 is 5.73 Å². The Labute approximate surface area is 65.6 Å². The molecule has 0 aromatic heterocycles. The van der Waals surface area contributed by atoms with Gasteiger partial charge in [-0.05, 0) is 24.7 Å². The first-order valence-corrected chi connectivity index (χ1v) is 4.19. The van der Waals surface area contributed by atoms with Crippen molar-refractivity contribution >= 4 is 5.97 Å². The maximum absolute atomic E-state index is 10.7. The Morgan fingerprint density at radius 1 is 1.36 bits per heavy atom. The summed E-state index contributed by atoms with van der Waals surface area (Å²) in [6.07, 6.45) is 4.36. The number of fused-ring (bicyclic) bond motifs is 1. The van der Waals surface area contributed by atoms with Gasteiger partial charge in [-0.1, -0.05) is 12.8 Å². The minimum atomic E-state index is -0.837. The van der Waals surface area contributed by atoms with Gasteiger partial charge in [0.1, 0.15) is 5.54 Å². The van der Waals surface area contributed by atoms with Crippen molar-refractivity contribution < 1.29 is 9.90 Å². The van der Waals surface area contributed by atoms with Crippen LogP contribution in [0.2, 0.25) is 0 Å². The molecule has 2 fully saturated rings. The van der Waals surface area contributed by atoms with E-state index in [1.807, 2.05) is 0 Å². The molecule has 11 heavy (non-hydrogen) atoms. The van der Waals surface area contributed by atoms with Crippen molar-refractivity contribution in [3.63, 3.8) is 0 Å². The van der Waals surface area contributed by atoms with E-state index < -0.39 is 11.5 Å². The van der Waals surface area contributed by atoms with E-state index in [0.717, 1.165) is 25.7 Å². The normalized spacial score (nSPS) is 48.1. The molecule has 0 heterocycles. The van der Waals surface area contributed by atoms with Crippen LogP contribution in [0.4, 0.5) is 0 Å². The molecule has 2 unspecified atom stereocenters. The Balaban J connectivity index is 2.14. The van der Waals surface area contributed by atoms with Crippen molar-refractivity contribution in [1.29, 1.82) is 0 Å². The van der Waals surface area contributed by atoms with Crippen LogP contribution in [0.25, 0.3) is 0 Å². The molecule has 2 saturated carbocycles. The molecule has 2 aliphatic carbocycles. The quantitative estimate of drug-likeness (QED) is 0.582. The van der Waals surface area contributed by atoms with Crippen molar-refractivity contribution in [2.24, 2.45) is 17.6 Å². The van der Waals surface area contributed by atoms with E-state index in [0.29, 0.717) is 0 Å². The van der Waals surface area contributed by atoms with E-state index in [4.69, 9.17) is 10.8 Å². The summed E-state index contributed by atoms with van der Waals surface area (Å²) in [4.78, 5) is 10.7. The average molecular weight is 155 g/mol. The summed E-state index contributed by atoms with van der Waals surface area (Å²) < 4.78 is 0. The maximum atomic E-state index is 10.7. The second-order valence-corrected chi connectivity index (χ2v) is 3.74. The molecule has 0 aromatic rings. The number of nitrogens with two attached hydrogens (primary N) is 1. The van der Waals surface area contributed by atoms with Crippen molar-refractivity contribution in [3.05, 3.63) is 0 Å². The van der Waals surface area contributed by atoms with E-state index in [2.05, 4.69) is 0 Å². The van der Waals surface area contributed by atoms with Crippen LogP contribution in [0.15, 0.2) is 0 Å². The molecule has 0 bridgehead atoms. The third kappa shape index (κ3) is 0.745. The standard InChI is InChI=1S/C8H13NO2/c9-8(7(10)11)5-3-1-2-4-6(5)8/h5-6H,1-4,9H2,(H,10,11). The van der Waals surface area contributed by atoms with Crippen molar-refractivity contribution in [3.8, 4) is 0 Å². The monoisotopic (exact) mass is 155 g/mol. The number of carbonyl (C=O) groups is 1. The first kappa shape index (κ1) is 7.10. The Morgan fingerprint density at radius 2 is 1.82 bits per heavy atom. The van der Waals surface area contributed by atoms with Gasteiger partial charge >= 0.3 is 5.97 Å². The maximum Gasteiger partial charge on any atom is 0.324 e. The van der Waals surface area contributed by atoms with Gasteiger partial charge in [0.25, 0.3) is 0 Å². The van der Waals surface area contributed by atoms with E-state index >= 15 is 0 Å². The predicted molar refractivity (Wildman–Crippen MR) is 40.0 cm³/mol. The summed E-state index contributed by atoms with van der Waals surface area (Å²) in [5.74, 6) is -0.225. The zero-order chi connectivity index (χ0) is 8.06. The Hall–Kier alpha value is -0.570. The van der Waals surface area contributed by atoms with E-state index in [-0.39, 0.29) is 11.8 Å². The fourth-order valence-corrected chi connectivity index (χ4v) is 2.49. The average Bonchev–Trinajstić information content (AvgIpc) is 2.61. The lowest BCUT2D eigenvalue weighted by molar-refractivity contribution is -0.140. The summed E-state index contributed by atoms with van der Waals surface area (Å²) in [5.41, 5.74) is 4.90. The van der Waals surface area contributed by atoms with Crippen molar-refractivity contribution in [2.45, 2.75) is 31.2 Å². The number of carboxylic acids is 1. The summed E-state index contributed by atoms with van der Waals surface area (Å²) in [5, 5.41) is 8.82. The van der Waals surface area contributed by atoms with Gasteiger partial charge in [0.2, 0.25) is 0 Å². The highest BCUT2D eigenvalue weighted by molar-refractivity contribution is 5.84. The zero-order valence-electron chi connectivity index (χ0n) is 6.42. The molecule has 3 nitrogen and oxygen atoms in total. The topological polar surface area (TPSA) is 63.3 Å². The van der Waals surface area contributed by atoms with Crippen molar-refractivity contribution in [1.82, 2.24) is 0 Å². The molecule has 0 spiro atoms. The first-order valence-electron chi connectivity index (χ1n) is 4.19. The highest BCUT2D eigenvalue weighted by atomic mass is 16.4. The highest BCUT2D eigenvalue weighted by Crippen LogP contribution is 2.56. The first-order chi connectivity index (χ1) is 5.17. The lowest BCUT2D eigenvalue weighted by atomic mass is 10.0. The molecule has 0 aromatic carbocycles. The lowest BCUT2D eigenvalue weighted by Gasteiger charge is -2.04. The Morgan fingerprint density at radius 3 is 2.18 bits per heavy atom. The fourth-order valence-electron chi connectivity index (χ4n) is 2.49. The molecule has 3 N–H and O–H groups in total. The largest absolute Gasteiger partial charge is 0.480 e. The second kappa shape index (κ2) is 1.97. The lowest BCUT2D eigenvalue weighted by Crippen LogP contribution is -2.36. The highest BCUT2D eigenvalue weighted by Gasteiger charge is 2.67. The zero-order valence-corrected chi connectivity index (χ0v) is 6.42. The molecule has 0 saturated heterocycles. The van der Waals surface area contributed by atoms with Gasteiger partial charge in [0, 0.05) is 0 Å². The van der Waals surface area contributed by atoms with Crippen LogP contribution in [0.1, 0.15) is 25.7 Å². The van der Waals surface area contributed by atoms with Gasteiger partial charge in [-0.2, -0.15) is 0 Å². The second-order valence-electron chi connectivity index (χ2n) is 3.74. The molecule has 3 heteroatoms.